The predicted octanol–water partition coefficient (Wildman–Crippen LogP) is 2.51. The number of carbonyl (C=O) groups excluding carboxylic acids is 1. The predicted molar refractivity (Wildman–Crippen MR) is 81.9 cm³/mol. The van der Waals surface area contributed by atoms with Crippen molar-refractivity contribution in [2.45, 2.75) is 4.90 Å². The lowest BCUT2D eigenvalue weighted by molar-refractivity contribution is 0.0593. The lowest BCUT2D eigenvalue weighted by Gasteiger charge is -2.11. The highest BCUT2D eigenvalue weighted by molar-refractivity contribution is 9.10. The zero-order valence-corrected chi connectivity index (χ0v) is 13.9. The molecule has 0 unspecified atom stereocenters. The summed E-state index contributed by atoms with van der Waals surface area (Å²) in [5, 5.41) is 0.0923. The molecule has 0 aliphatic heterocycles. The monoisotopic (exact) mass is 392 g/mol. The minimum absolute atomic E-state index is 0.0463. The molecule has 1 aromatic carbocycles. The summed E-state index contributed by atoms with van der Waals surface area (Å²) >= 11 is 8.99. The molecular formula is C12H10BrClN2O4S. The molecular weight excluding hydrogens is 384 g/mol. The molecule has 0 saturated heterocycles. The number of halogens is 2. The molecule has 0 aliphatic carbocycles. The number of nitrogens with zero attached hydrogens (tertiary/aromatic N) is 1. The second-order valence-electron chi connectivity index (χ2n) is 4.02. The maximum Gasteiger partial charge on any atom is 0.355 e. The summed E-state index contributed by atoms with van der Waals surface area (Å²) in [7, 11) is -2.92. The molecule has 0 aliphatic rings. The third-order valence-corrected chi connectivity index (χ3v) is 5.10. The quantitative estimate of drug-likeness (QED) is 0.639. The van der Waals surface area contributed by atoms with Gasteiger partial charge in [0, 0.05) is 10.7 Å². The van der Waals surface area contributed by atoms with Crippen molar-refractivity contribution in [1.29, 1.82) is 0 Å². The summed E-state index contributed by atoms with van der Waals surface area (Å²) in [6, 6.07) is 5.53. The molecule has 9 heteroatoms. The number of benzene rings is 1. The molecule has 112 valence electrons. The Bertz CT molecular complexity index is 817. The van der Waals surface area contributed by atoms with Crippen LogP contribution >= 0.6 is 27.5 Å². The van der Waals surface area contributed by atoms with Crippen molar-refractivity contribution in [2.24, 2.45) is 0 Å². The van der Waals surface area contributed by atoms with Gasteiger partial charge in [0.2, 0.25) is 0 Å². The molecule has 0 saturated carbocycles. The van der Waals surface area contributed by atoms with E-state index in [1.807, 2.05) is 0 Å². The molecule has 2 aromatic rings. The van der Waals surface area contributed by atoms with Crippen LogP contribution in [0.15, 0.2) is 39.8 Å². The van der Waals surface area contributed by atoms with Crippen LogP contribution in [0.5, 0.6) is 0 Å². The van der Waals surface area contributed by atoms with E-state index >= 15 is 0 Å². The second-order valence-corrected chi connectivity index (χ2v) is 7.15. The number of nitrogen functional groups attached to an aromatic ring is 1. The zero-order valence-electron chi connectivity index (χ0n) is 10.7. The molecule has 6 nitrogen and oxygen atoms in total. The fraction of sp³-hybridized carbons (Fsp3) is 0.0833. The first-order valence-electron chi connectivity index (χ1n) is 5.54. The van der Waals surface area contributed by atoms with Gasteiger partial charge in [-0.2, -0.15) is 0 Å². The Morgan fingerprint density at radius 1 is 1.38 bits per heavy atom. The number of esters is 1. The van der Waals surface area contributed by atoms with Gasteiger partial charge in [0.1, 0.15) is 10.6 Å². The van der Waals surface area contributed by atoms with E-state index in [4.69, 9.17) is 17.3 Å². The number of anilines is 1. The Morgan fingerprint density at radius 2 is 2.05 bits per heavy atom. The van der Waals surface area contributed by atoms with Crippen LogP contribution in [0.1, 0.15) is 10.5 Å². The van der Waals surface area contributed by atoms with E-state index in [0.29, 0.717) is 4.47 Å². The van der Waals surface area contributed by atoms with Crippen molar-refractivity contribution >= 4 is 49.2 Å². The summed E-state index contributed by atoms with van der Waals surface area (Å²) in [6.45, 7) is 0. The third-order valence-electron chi connectivity index (χ3n) is 2.66. The molecule has 2 N–H and O–H groups in total. The van der Waals surface area contributed by atoms with Gasteiger partial charge < -0.3 is 10.5 Å². The van der Waals surface area contributed by atoms with Gasteiger partial charge >= 0.3 is 5.97 Å². The van der Waals surface area contributed by atoms with Gasteiger partial charge in [-0.3, -0.25) is 0 Å². The number of hydrogen-bond donors (Lipinski definition) is 1. The normalized spacial score (nSPS) is 11.4. The van der Waals surface area contributed by atoms with Gasteiger partial charge in [0.05, 0.1) is 17.8 Å². The maximum atomic E-state index is 12.6. The first-order chi connectivity index (χ1) is 9.77. The van der Waals surface area contributed by atoms with Crippen LogP contribution in [0.25, 0.3) is 0 Å². The Kier molecular flexibility index (Phi) is 4.31. The molecule has 0 fully saturated rings. The van der Waals surface area contributed by atoms with E-state index in [2.05, 4.69) is 20.7 Å². The van der Waals surface area contributed by atoms with Gasteiger partial charge in [-0.25, -0.2) is 17.2 Å². The minimum atomic E-state index is -4.07. The number of aromatic nitrogens is 1. The van der Waals surface area contributed by atoms with Gasteiger partial charge in [-0.05, 0) is 24.3 Å². The summed E-state index contributed by atoms with van der Waals surface area (Å²) in [6.07, 6.45) is 1.12. The first kappa shape index (κ1) is 15.9. The maximum absolute atomic E-state index is 12.6. The molecule has 1 heterocycles. The molecule has 1 aromatic heterocycles. The van der Waals surface area contributed by atoms with E-state index in [-0.39, 0.29) is 21.3 Å². The topological polar surface area (TPSA) is 91.4 Å². The standard InChI is InChI=1S/C12H10BrClN2O4S/c1-20-12(17)10-5-8(14)6-16(10)21(18,19)11-3-2-7(13)4-9(11)15/h2-6H,15H2,1H3. The molecule has 0 radical (unpaired) electrons. The van der Waals surface area contributed by atoms with Crippen LogP contribution in [0.4, 0.5) is 5.69 Å². The van der Waals surface area contributed by atoms with Gasteiger partial charge in [0.15, 0.2) is 0 Å². The van der Waals surface area contributed by atoms with E-state index in [0.717, 1.165) is 17.3 Å². The highest BCUT2D eigenvalue weighted by Gasteiger charge is 2.26. The fourth-order valence-electron chi connectivity index (χ4n) is 1.73. The first-order valence-corrected chi connectivity index (χ1v) is 8.15. The van der Waals surface area contributed by atoms with E-state index < -0.39 is 16.0 Å². The zero-order chi connectivity index (χ0) is 15.8. The Balaban J connectivity index is 2.67. The molecule has 21 heavy (non-hydrogen) atoms. The number of rotatable bonds is 3. The average molecular weight is 394 g/mol. The van der Waals surface area contributed by atoms with Crippen molar-refractivity contribution < 1.29 is 17.9 Å². The van der Waals surface area contributed by atoms with E-state index in [9.17, 15) is 13.2 Å². The van der Waals surface area contributed by atoms with Crippen molar-refractivity contribution in [3.8, 4) is 0 Å². The number of hydrogen-bond acceptors (Lipinski definition) is 5. The summed E-state index contributed by atoms with van der Waals surface area (Å²) in [5.41, 5.74) is 5.58. The van der Waals surface area contributed by atoms with E-state index in [1.54, 1.807) is 0 Å². The SMILES string of the molecule is COC(=O)c1cc(Cl)cn1S(=O)(=O)c1ccc(Br)cc1N. The van der Waals surface area contributed by atoms with Gasteiger partial charge in [0.25, 0.3) is 10.0 Å². The molecule has 0 atom stereocenters. The number of methoxy groups -OCH3 is 1. The number of carbonyl (C=O) groups is 1. The summed E-state index contributed by atoms with van der Waals surface area (Å²) in [5.74, 6) is -0.818. The van der Waals surface area contributed by atoms with Gasteiger partial charge in [-0.1, -0.05) is 27.5 Å². The molecule has 0 bridgehead atoms. The highest BCUT2D eigenvalue weighted by Crippen LogP contribution is 2.27. The molecule has 0 amide bonds. The Morgan fingerprint density at radius 3 is 2.62 bits per heavy atom. The van der Waals surface area contributed by atoms with Crippen LogP contribution in [-0.2, 0) is 14.8 Å². The van der Waals surface area contributed by atoms with Crippen molar-refractivity contribution in [2.75, 3.05) is 12.8 Å². The minimum Gasteiger partial charge on any atom is -0.464 e. The van der Waals surface area contributed by atoms with Crippen LogP contribution in [-0.4, -0.2) is 25.5 Å². The Hall–Kier alpha value is -1.51. The highest BCUT2D eigenvalue weighted by atomic mass is 79.9. The lowest BCUT2D eigenvalue weighted by atomic mass is 10.3. The lowest BCUT2D eigenvalue weighted by Crippen LogP contribution is -2.19. The summed E-state index contributed by atoms with van der Waals surface area (Å²) < 4.78 is 31.2. The van der Waals surface area contributed by atoms with Crippen LogP contribution < -0.4 is 5.73 Å². The Labute approximate surface area is 134 Å². The molecule has 0 spiro atoms. The van der Waals surface area contributed by atoms with Gasteiger partial charge in [-0.15, -0.1) is 0 Å². The fourth-order valence-corrected chi connectivity index (χ4v) is 3.81. The van der Waals surface area contributed by atoms with Crippen molar-refractivity contribution in [3.63, 3.8) is 0 Å². The average Bonchev–Trinajstić information content (AvgIpc) is 2.80. The van der Waals surface area contributed by atoms with Crippen LogP contribution in [0, 0.1) is 0 Å². The third kappa shape index (κ3) is 2.92. The summed E-state index contributed by atoms with van der Waals surface area (Å²) in [4.78, 5) is 11.5. The second kappa shape index (κ2) is 5.70. The van der Waals surface area contributed by atoms with E-state index in [1.165, 1.54) is 24.3 Å². The largest absolute Gasteiger partial charge is 0.464 e. The smallest absolute Gasteiger partial charge is 0.355 e. The number of nitrogens with two attached hydrogens (primary N) is 1. The van der Waals surface area contributed by atoms with Crippen molar-refractivity contribution in [1.82, 2.24) is 3.97 Å². The molecule has 2 rings (SSSR count). The van der Waals surface area contributed by atoms with Crippen LogP contribution in [0.2, 0.25) is 5.02 Å². The van der Waals surface area contributed by atoms with Crippen LogP contribution in [0.3, 0.4) is 0 Å². The number of ether oxygens (including phenoxy) is 1. The van der Waals surface area contributed by atoms with Crippen molar-refractivity contribution in [3.05, 3.63) is 45.7 Å².